The second-order valence-electron chi connectivity index (χ2n) is 5.99. The molecular weight excluding hydrogens is 316 g/mol. The summed E-state index contributed by atoms with van der Waals surface area (Å²) in [6.45, 7) is 4.37. The van der Waals surface area contributed by atoms with Crippen LogP contribution in [0.2, 0.25) is 0 Å². The van der Waals surface area contributed by atoms with E-state index in [1.54, 1.807) is 0 Å². The Bertz CT molecular complexity index is 517. The number of carbonyl (C=O) groups is 1. The van der Waals surface area contributed by atoms with Gasteiger partial charge in [-0.05, 0) is 56.8 Å². The maximum Gasteiger partial charge on any atom is 0.251 e. The first-order valence-corrected chi connectivity index (χ1v) is 8.24. The first-order chi connectivity index (χ1) is 9.63. The van der Waals surface area contributed by atoms with Gasteiger partial charge in [-0.2, -0.15) is 0 Å². The van der Waals surface area contributed by atoms with Gasteiger partial charge in [-0.1, -0.05) is 22.0 Å². The van der Waals surface area contributed by atoms with E-state index in [-0.39, 0.29) is 5.91 Å². The van der Waals surface area contributed by atoms with Gasteiger partial charge < -0.3 is 10.2 Å². The number of amides is 1. The zero-order valence-corrected chi connectivity index (χ0v) is 13.4. The Morgan fingerprint density at radius 3 is 3.05 bits per heavy atom. The van der Waals surface area contributed by atoms with E-state index in [0.717, 1.165) is 35.0 Å². The second kappa shape index (κ2) is 5.86. The van der Waals surface area contributed by atoms with Gasteiger partial charge in [0.05, 0.1) is 0 Å². The van der Waals surface area contributed by atoms with Gasteiger partial charge in [0.25, 0.3) is 5.91 Å². The van der Waals surface area contributed by atoms with Crippen LogP contribution in [0.1, 0.15) is 41.6 Å². The van der Waals surface area contributed by atoms with E-state index < -0.39 is 0 Å². The zero-order valence-electron chi connectivity index (χ0n) is 11.9. The minimum atomic E-state index is 0.0697. The van der Waals surface area contributed by atoms with Crippen LogP contribution in [0, 0.1) is 6.92 Å². The number of hydrogen-bond donors (Lipinski definition) is 1. The van der Waals surface area contributed by atoms with Crippen LogP contribution >= 0.6 is 15.9 Å². The fourth-order valence-electron chi connectivity index (χ4n) is 3.46. The van der Waals surface area contributed by atoms with Crippen molar-refractivity contribution in [1.29, 1.82) is 0 Å². The van der Waals surface area contributed by atoms with Crippen molar-refractivity contribution in [3.8, 4) is 0 Å². The number of carbonyl (C=O) groups excluding carboxylic acids is 1. The number of rotatable bonds is 2. The summed E-state index contributed by atoms with van der Waals surface area (Å²) in [6, 6.07) is 6.90. The smallest absolute Gasteiger partial charge is 0.251 e. The molecule has 2 heterocycles. The molecule has 2 atom stereocenters. The Kier molecular flexibility index (Phi) is 4.13. The van der Waals surface area contributed by atoms with E-state index in [1.807, 2.05) is 25.1 Å². The molecule has 1 aromatic rings. The van der Waals surface area contributed by atoms with E-state index in [2.05, 4.69) is 26.1 Å². The van der Waals surface area contributed by atoms with Crippen LogP contribution in [0.15, 0.2) is 22.7 Å². The minimum Gasteiger partial charge on any atom is -0.349 e. The quantitative estimate of drug-likeness (QED) is 0.899. The molecule has 2 aliphatic rings. The Morgan fingerprint density at radius 2 is 2.20 bits per heavy atom. The molecule has 20 heavy (non-hydrogen) atoms. The zero-order chi connectivity index (χ0) is 14.1. The number of piperidine rings is 1. The van der Waals surface area contributed by atoms with Crippen LogP contribution in [-0.2, 0) is 0 Å². The lowest BCUT2D eigenvalue weighted by Gasteiger charge is -2.35. The Balaban J connectivity index is 1.65. The Hall–Kier alpha value is -0.870. The summed E-state index contributed by atoms with van der Waals surface area (Å²) >= 11 is 3.44. The molecule has 3 rings (SSSR count). The third kappa shape index (κ3) is 2.91. The number of hydrogen-bond acceptors (Lipinski definition) is 2. The largest absolute Gasteiger partial charge is 0.349 e. The number of fused-ring (bicyclic) bond motifs is 1. The van der Waals surface area contributed by atoms with Crippen molar-refractivity contribution < 1.29 is 4.79 Å². The fourth-order valence-corrected chi connectivity index (χ4v) is 3.82. The lowest BCUT2D eigenvalue weighted by atomic mass is 9.97. The summed E-state index contributed by atoms with van der Waals surface area (Å²) < 4.78 is 0.957. The molecule has 2 aliphatic heterocycles. The highest BCUT2D eigenvalue weighted by atomic mass is 79.9. The lowest BCUT2D eigenvalue weighted by molar-refractivity contribution is 0.0895. The predicted molar refractivity (Wildman–Crippen MR) is 84.0 cm³/mol. The SMILES string of the molecule is Cc1ccc(Br)cc1C(=O)NC1CCN2CCCC2C1. The molecule has 0 aromatic heterocycles. The van der Waals surface area contributed by atoms with Gasteiger partial charge in [0.1, 0.15) is 0 Å². The summed E-state index contributed by atoms with van der Waals surface area (Å²) in [5.74, 6) is 0.0697. The van der Waals surface area contributed by atoms with Crippen LogP contribution < -0.4 is 5.32 Å². The van der Waals surface area contributed by atoms with Crippen LogP contribution in [0.3, 0.4) is 0 Å². The van der Waals surface area contributed by atoms with E-state index in [1.165, 1.54) is 19.4 Å². The summed E-state index contributed by atoms with van der Waals surface area (Å²) in [6.07, 6.45) is 4.80. The van der Waals surface area contributed by atoms with Crippen LogP contribution in [0.4, 0.5) is 0 Å². The van der Waals surface area contributed by atoms with Crippen molar-refractivity contribution in [2.24, 2.45) is 0 Å². The maximum absolute atomic E-state index is 12.4. The van der Waals surface area contributed by atoms with Gasteiger partial charge in [-0.25, -0.2) is 0 Å². The molecule has 2 saturated heterocycles. The van der Waals surface area contributed by atoms with Gasteiger partial charge in [0.15, 0.2) is 0 Å². The first-order valence-electron chi connectivity index (χ1n) is 7.44. The van der Waals surface area contributed by atoms with Gasteiger partial charge >= 0.3 is 0 Å². The molecule has 0 radical (unpaired) electrons. The summed E-state index contributed by atoms with van der Waals surface area (Å²) in [5.41, 5.74) is 1.82. The molecule has 0 spiro atoms. The standard InChI is InChI=1S/C16H21BrN2O/c1-11-4-5-12(17)9-15(11)16(20)18-13-6-8-19-7-2-3-14(19)10-13/h4-5,9,13-14H,2-3,6-8,10H2,1H3,(H,18,20). The van der Waals surface area contributed by atoms with Crippen LogP contribution in [0.5, 0.6) is 0 Å². The van der Waals surface area contributed by atoms with Crippen molar-refractivity contribution >= 4 is 21.8 Å². The van der Waals surface area contributed by atoms with Gasteiger partial charge in [0, 0.05) is 28.7 Å². The summed E-state index contributed by atoms with van der Waals surface area (Å²) in [4.78, 5) is 15.0. The Labute approximate surface area is 128 Å². The highest BCUT2D eigenvalue weighted by molar-refractivity contribution is 9.10. The van der Waals surface area contributed by atoms with Gasteiger partial charge in [-0.15, -0.1) is 0 Å². The van der Waals surface area contributed by atoms with Crippen LogP contribution in [-0.4, -0.2) is 36.0 Å². The van der Waals surface area contributed by atoms with Gasteiger partial charge in [0.2, 0.25) is 0 Å². The number of benzene rings is 1. The Morgan fingerprint density at radius 1 is 1.35 bits per heavy atom. The normalized spacial score (nSPS) is 26.3. The van der Waals surface area contributed by atoms with E-state index in [4.69, 9.17) is 0 Å². The van der Waals surface area contributed by atoms with Gasteiger partial charge in [-0.3, -0.25) is 4.79 Å². The molecule has 0 saturated carbocycles. The molecule has 1 aromatic carbocycles. The van der Waals surface area contributed by atoms with Crippen LogP contribution in [0.25, 0.3) is 0 Å². The van der Waals surface area contributed by atoms with E-state index in [9.17, 15) is 4.79 Å². The minimum absolute atomic E-state index is 0.0697. The number of aryl methyl sites for hydroxylation is 1. The number of nitrogens with one attached hydrogen (secondary N) is 1. The van der Waals surface area contributed by atoms with E-state index >= 15 is 0 Å². The monoisotopic (exact) mass is 336 g/mol. The molecule has 2 fully saturated rings. The highest BCUT2D eigenvalue weighted by Gasteiger charge is 2.32. The first kappa shape index (κ1) is 14.1. The van der Waals surface area contributed by atoms with Crippen molar-refractivity contribution in [3.05, 3.63) is 33.8 Å². The molecule has 0 aliphatic carbocycles. The van der Waals surface area contributed by atoms with Crippen molar-refractivity contribution in [2.75, 3.05) is 13.1 Å². The second-order valence-corrected chi connectivity index (χ2v) is 6.90. The molecule has 4 heteroatoms. The molecular formula is C16H21BrN2O. The summed E-state index contributed by atoms with van der Waals surface area (Å²) in [7, 11) is 0. The predicted octanol–water partition coefficient (Wildman–Crippen LogP) is 3.11. The fraction of sp³-hybridized carbons (Fsp3) is 0.562. The number of nitrogens with zero attached hydrogens (tertiary/aromatic N) is 1. The maximum atomic E-state index is 12.4. The highest BCUT2D eigenvalue weighted by Crippen LogP contribution is 2.27. The van der Waals surface area contributed by atoms with Crippen molar-refractivity contribution in [2.45, 2.75) is 44.7 Å². The molecule has 1 N–H and O–H groups in total. The average Bonchev–Trinajstić information content (AvgIpc) is 2.89. The lowest BCUT2D eigenvalue weighted by Crippen LogP contribution is -2.47. The van der Waals surface area contributed by atoms with E-state index in [0.29, 0.717) is 12.1 Å². The molecule has 0 bridgehead atoms. The topological polar surface area (TPSA) is 32.3 Å². The molecule has 2 unspecified atom stereocenters. The average molecular weight is 337 g/mol. The third-order valence-electron chi connectivity index (χ3n) is 4.60. The molecule has 3 nitrogen and oxygen atoms in total. The molecule has 1 amide bonds. The number of halogens is 1. The molecule has 108 valence electrons. The van der Waals surface area contributed by atoms with Crippen molar-refractivity contribution in [3.63, 3.8) is 0 Å². The summed E-state index contributed by atoms with van der Waals surface area (Å²) in [5, 5.41) is 3.23. The third-order valence-corrected chi connectivity index (χ3v) is 5.09. The van der Waals surface area contributed by atoms with Crippen molar-refractivity contribution in [1.82, 2.24) is 10.2 Å².